The highest BCUT2D eigenvalue weighted by Gasteiger charge is 2.24. The van der Waals surface area contributed by atoms with Crippen LogP contribution in [0.3, 0.4) is 0 Å². The summed E-state index contributed by atoms with van der Waals surface area (Å²) in [4.78, 5) is 7.33. The number of ether oxygens (including phenoxy) is 1. The molecule has 1 aromatic heterocycles. The first-order chi connectivity index (χ1) is 6.00. The van der Waals surface area contributed by atoms with Gasteiger partial charge in [0.2, 0.25) is 5.88 Å². The second-order valence-electron chi connectivity index (χ2n) is 3.37. The summed E-state index contributed by atoms with van der Waals surface area (Å²) in [7, 11) is 0. The summed E-state index contributed by atoms with van der Waals surface area (Å²) in [6.07, 6.45) is 2.99. The molecule has 0 bridgehead atoms. The maximum absolute atomic E-state index is 6.07. The van der Waals surface area contributed by atoms with Gasteiger partial charge in [-0.2, -0.15) is 0 Å². The molecule has 0 radical (unpaired) electrons. The van der Waals surface area contributed by atoms with Crippen molar-refractivity contribution in [3.05, 3.63) is 18.6 Å². The SMILES string of the molecule is CC(Oc1ccncn1)C(C)(C)Cl. The molecule has 0 fully saturated rings. The number of hydrogen-bond acceptors (Lipinski definition) is 3. The van der Waals surface area contributed by atoms with Gasteiger partial charge in [-0.25, -0.2) is 9.97 Å². The van der Waals surface area contributed by atoms with Gasteiger partial charge in [-0.3, -0.25) is 0 Å². The summed E-state index contributed by atoms with van der Waals surface area (Å²) in [5.74, 6) is 0.552. The Kier molecular flexibility index (Phi) is 3.09. The standard InChI is InChI=1S/C9H13ClN2O/c1-7(9(2,3)10)13-8-4-5-11-6-12-8/h4-7H,1-3H3. The van der Waals surface area contributed by atoms with Crippen molar-refractivity contribution in [1.29, 1.82) is 0 Å². The van der Waals surface area contributed by atoms with Crippen molar-refractivity contribution in [3.63, 3.8) is 0 Å². The molecule has 0 aliphatic rings. The van der Waals surface area contributed by atoms with E-state index in [9.17, 15) is 0 Å². The minimum absolute atomic E-state index is 0.0935. The Balaban J connectivity index is 2.61. The number of aromatic nitrogens is 2. The highest BCUT2D eigenvalue weighted by molar-refractivity contribution is 6.23. The molecule has 0 aromatic carbocycles. The highest BCUT2D eigenvalue weighted by Crippen LogP contribution is 2.21. The predicted octanol–water partition coefficient (Wildman–Crippen LogP) is 2.26. The lowest BCUT2D eigenvalue weighted by molar-refractivity contribution is 0.176. The summed E-state index contributed by atoms with van der Waals surface area (Å²) in [5.41, 5.74) is 0. The topological polar surface area (TPSA) is 35.0 Å². The van der Waals surface area contributed by atoms with E-state index in [0.717, 1.165) is 0 Å². The van der Waals surface area contributed by atoms with Gasteiger partial charge in [0, 0.05) is 12.3 Å². The Morgan fingerprint density at radius 2 is 2.23 bits per heavy atom. The van der Waals surface area contributed by atoms with Gasteiger partial charge >= 0.3 is 0 Å². The summed E-state index contributed by atoms with van der Waals surface area (Å²) >= 11 is 6.07. The molecule has 1 heterocycles. The molecule has 1 unspecified atom stereocenters. The number of alkyl halides is 1. The van der Waals surface area contributed by atoms with Crippen molar-refractivity contribution in [2.45, 2.75) is 31.7 Å². The van der Waals surface area contributed by atoms with Crippen LogP contribution in [0.15, 0.2) is 18.6 Å². The molecule has 0 spiro atoms. The first-order valence-corrected chi connectivity index (χ1v) is 4.49. The average Bonchev–Trinajstić information content (AvgIpc) is 2.04. The van der Waals surface area contributed by atoms with Crippen LogP contribution in [0, 0.1) is 0 Å². The van der Waals surface area contributed by atoms with Crippen LogP contribution in [0.1, 0.15) is 20.8 Å². The van der Waals surface area contributed by atoms with Crippen molar-refractivity contribution in [3.8, 4) is 5.88 Å². The van der Waals surface area contributed by atoms with Crippen LogP contribution in [0.25, 0.3) is 0 Å². The van der Waals surface area contributed by atoms with Crippen molar-refractivity contribution in [2.24, 2.45) is 0 Å². The first kappa shape index (κ1) is 10.3. The van der Waals surface area contributed by atoms with E-state index in [4.69, 9.17) is 16.3 Å². The van der Waals surface area contributed by atoms with E-state index in [1.54, 1.807) is 12.3 Å². The third-order valence-corrected chi connectivity index (χ3v) is 2.13. The molecule has 72 valence electrons. The Morgan fingerprint density at radius 1 is 1.54 bits per heavy atom. The number of hydrogen-bond donors (Lipinski definition) is 0. The van der Waals surface area contributed by atoms with Crippen LogP contribution in [-0.2, 0) is 0 Å². The second kappa shape index (κ2) is 3.92. The zero-order valence-electron chi connectivity index (χ0n) is 7.99. The lowest BCUT2D eigenvalue weighted by Gasteiger charge is -2.24. The van der Waals surface area contributed by atoms with Crippen molar-refractivity contribution >= 4 is 11.6 Å². The number of rotatable bonds is 3. The number of halogens is 1. The molecular weight excluding hydrogens is 188 g/mol. The molecule has 1 atom stereocenters. The molecule has 0 saturated heterocycles. The zero-order valence-corrected chi connectivity index (χ0v) is 8.75. The average molecular weight is 201 g/mol. The van der Waals surface area contributed by atoms with Gasteiger partial charge in [0.15, 0.2) is 0 Å². The van der Waals surface area contributed by atoms with Gasteiger partial charge in [-0.1, -0.05) is 0 Å². The summed E-state index contributed by atoms with van der Waals surface area (Å²) < 4.78 is 5.50. The van der Waals surface area contributed by atoms with Crippen LogP contribution in [0.4, 0.5) is 0 Å². The van der Waals surface area contributed by atoms with Crippen molar-refractivity contribution in [1.82, 2.24) is 9.97 Å². The van der Waals surface area contributed by atoms with E-state index in [1.807, 2.05) is 20.8 Å². The monoisotopic (exact) mass is 200 g/mol. The molecule has 0 aliphatic heterocycles. The van der Waals surface area contributed by atoms with Crippen molar-refractivity contribution in [2.75, 3.05) is 0 Å². The maximum Gasteiger partial charge on any atom is 0.216 e. The summed E-state index contributed by atoms with van der Waals surface area (Å²) in [5, 5.41) is 0. The van der Waals surface area contributed by atoms with Crippen LogP contribution in [0.5, 0.6) is 5.88 Å². The molecular formula is C9H13ClN2O. The van der Waals surface area contributed by atoms with E-state index >= 15 is 0 Å². The normalized spacial score (nSPS) is 13.8. The quantitative estimate of drug-likeness (QED) is 0.703. The molecule has 0 N–H and O–H groups in total. The summed E-state index contributed by atoms with van der Waals surface area (Å²) in [6, 6.07) is 1.71. The van der Waals surface area contributed by atoms with Crippen LogP contribution in [-0.4, -0.2) is 20.9 Å². The minimum atomic E-state index is -0.398. The fraction of sp³-hybridized carbons (Fsp3) is 0.556. The van der Waals surface area contributed by atoms with Gasteiger partial charge in [-0.15, -0.1) is 11.6 Å². The van der Waals surface area contributed by atoms with Crippen LogP contribution in [0.2, 0.25) is 0 Å². The number of nitrogens with zero attached hydrogens (tertiary/aromatic N) is 2. The lowest BCUT2D eigenvalue weighted by Crippen LogP contribution is -2.32. The minimum Gasteiger partial charge on any atom is -0.473 e. The molecule has 1 rings (SSSR count). The van der Waals surface area contributed by atoms with Crippen LogP contribution >= 0.6 is 11.6 Å². The Bertz CT molecular complexity index is 258. The van der Waals surface area contributed by atoms with Crippen molar-refractivity contribution < 1.29 is 4.74 Å². The third-order valence-electron chi connectivity index (χ3n) is 1.82. The van der Waals surface area contributed by atoms with E-state index < -0.39 is 4.87 Å². The lowest BCUT2D eigenvalue weighted by atomic mass is 10.1. The summed E-state index contributed by atoms with van der Waals surface area (Å²) in [6.45, 7) is 5.72. The predicted molar refractivity (Wildman–Crippen MR) is 52.1 cm³/mol. The smallest absolute Gasteiger partial charge is 0.216 e. The molecule has 0 saturated carbocycles. The molecule has 0 amide bonds. The zero-order chi connectivity index (χ0) is 9.90. The highest BCUT2D eigenvalue weighted by atomic mass is 35.5. The van der Waals surface area contributed by atoms with E-state index in [1.165, 1.54) is 6.33 Å². The van der Waals surface area contributed by atoms with Gasteiger partial charge in [0.1, 0.15) is 12.4 Å². The van der Waals surface area contributed by atoms with Crippen LogP contribution < -0.4 is 4.74 Å². The Hall–Kier alpha value is -0.830. The molecule has 4 heteroatoms. The first-order valence-electron chi connectivity index (χ1n) is 4.12. The fourth-order valence-electron chi connectivity index (χ4n) is 0.670. The molecule has 1 aromatic rings. The van der Waals surface area contributed by atoms with Gasteiger partial charge in [0.05, 0.1) is 4.87 Å². The van der Waals surface area contributed by atoms with E-state index in [0.29, 0.717) is 5.88 Å². The largest absolute Gasteiger partial charge is 0.473 e. The second-order valence-corrected chi connectivity index (χ2v) is 4.35. The fourth-order valence-corrected chi connectivity index (χ4v) is 0.714. The third kappa shape index (κ3) is 3.19. The molecule has 3 nitrogen and oxygen atoms in total. The van der Waals surface area contributed by atoms with E-state index in [2.05, 4.69) is 9.97 Å². The molecule has 13 heavy (non-hydrogen) atoms. The van der Waals surface area contributed by atoms with Gasteiger partial charge in [-0.05, 0) is 20.8 Å². The Morgan fingerprint density at radius 3 is 2.69 bits per heavy atom. The van der Waals surface area contributed by atoms with Gasteiger partial charge in [0.25, 0.3) is 0 Å². The Labute approximate surface area is 83.1 Å². The maximum atomic E-state index is 6.07. The van der Waals surface area contributed by atoms with Gasteiger partial charge < -0.3 is 4.74 Å². The van der Waals surface area contributed by atoms with E-state index in [-0.39, 0.29) is 6.10 Å². The molecule has 0 aliphatic carbocycles.